The zero-order valence-corrected chi connectivity index (χ0v) is 12.4. The molecule has 0 bridgehead atoms. The minimum Gasteiger partial charge on any atom is -0.399 e. The third kappa shape index (κ3) is 4.23. The van der Waals surface area contributed by atoms with E-state index in [4.69, 9.17) is 5.73 Å². The van der Waals surface area contributed by atoms with Gasteiger partial charge in [0.25, 0.3) is 0 Å². The van der Waals surface area contributed by atoms with Gasteiger partial charge in [-0.15, -0.1) is 0 Å². The van der Waals surface area contributed by atoms with Gasteiger partial charge in [-0.25, -0.2) is 0 Å². The Bertz CT molecular complexity index is 451. The molecule has 0 aromatic heterocycles. The van der Waals surface area contributed by atoms with Gasteiger partial charge >= 0.3 is 0 Å². The first-order chi connectivity index (χ1) is 9.54. The van der Waals surface area contributed by atoms with Crippen LogP contribution in [-0.2, 0) is 11.3 Å². The van der Waals surface area contributed by atoms with Gasteiger partial charge in [-0.05, 0) is 30.5 Å². The Morgan fingerprint density at radius 3 is 2.70 bits per heavy atom. The molecule has 0 spiro atoms. The topological polar surface area (TPSA) is 58.4 Å². The van der Waals surface area contributed by atoms with Gasteiger partial charge in [0.05, 0.1) is 0 Å². The van der Waals surface area contributed by atoms with Crippen LogP contribution in [0.4, 0.5) is 5.69 Å². The molecule has 20 heavy (non-hydrogen) atoms. The molecule has 1 aromatic rings. The first-order valence-electron chi connectivity index (χ1n) is 7.41. The number of nitrogens with zero attached hydrogens (tertiary/aromatic N) is 1. The fourth-order valence-electron chi connectivity index (χ4n) is 2.55. The predicted octanol–water partition coefficient (Wildman–Crippen LogP) is 2.01. The lowest BCUT2D eigenvalue weighted by molar-refractivity contribution is -0.125. The van der Waals surface area contributed by atoms with E-state index >= 15 is 0 Å². The molecule has 0 unspecified atom stereocenters. The summed E-state index contributed by atoms with van der Waals surface area (Å²) < 4.78 is 0. The summed E-state index contributed by atoms with van der Waals surface area (Å²) in [6.45, 7) is 6.86. The zero-order valence-electron chi connectivity index (χ0n) is 12.4. The third-order valence-electron chi connectivity index (χ3n) is 3.82. The van der Waals surface area contributed by atoms with Crippen molar-refractivity contribution in [2.75, 3.05) is 18.8 Å². The molecular weight excluding hydrogens is 250 g/mol. The SMILES string of the molecule is CC(C)C(=O)NC1CCN(Cc2cccc(N)c2)CC1. The lowest BCUT2D eigenvalue weighted by atomic mass is 10.0. The number of piperidine rings is 1. The van der Waals surface area contributed by atoms with E-state index in [1.165, 1.54) is 5.56 Å². The fraction of sp³-hybridized carbons (Fsp3) is 0.562. The maximum atomic E-state index is 11.7. The predicted molar refractivity (Wildman–Crippen MR) is 82.1 cm³/mol. The van der Waals surface area contributed by atoms with E-state index < -0.39 is 0 Å². The zero-order chi connectivity index (χ0) is 14.5. The van der Waals surface area contributed by atoms with E-state index in [2.05, 4.69) is 16.3 Å². The van der Waals surface area contributed by atoms with Crippen molar-refractivity contribution in [1.82, 2.24) is 10.2 Å². The summed E-state index contributed by atoms with van der Waals surface area (Å²) in [5.74, 6) is 0.236. The molecule has 1 aromatic carbocycles. The molecular formula is C16H25N3O. The Hall–Kier alpha value is -1.55. The van der Waals surface area contributed by atoms with Crippen LogP contribution >= 0.6 is 0 Å². The number of amides is 1. The van der Waals surface area contributed by atoms with Crippen LogP contribution < -0.4 is 11.1 Å². The van der Waals surface area contributed by atoms with Crippen molar-refractivity contribution < 1.29 is 4.79 Å². The third-order valence-corrected chi connectivity index (χ3v) is 3.82. The second-order valence-corrected chi connectivity index (χ2v) is 5.96. The highest BCUT2D eigenvalue weighted by Gasteiger charge is 2.21. The number of carbonyl (C=O) groups excluding carboxylic acids is 1. The molecule has 0 atom stereocenters. The van der Waals surface area contributed by atoms with Crippen LogP contribution in [0.25, 0.3) is 0 Å². The first-order valence-corrected chi connectivity index (χ1v) is 7.41. The van der Waals surface area contributed by atoms with Gasteiger partial charge in [-0.2, -0.15) is 0 Å². The number of benzene rings is 1. The maximum Gasteiger partial charge on any atom is 0.222 e. The monoisotopic (exact) mass is 275 g/mol. The molecule has 3 N–H and O–H groups in total. The number of carbonyl (C=O) groups is 1. The van der Waals surface area contributed by atoms with E-state index in [0.29, 0.717) is 6.04 Å². The Morgan fingerprint density at radius 1 is 1.40 bits per heavy atom. The summed E-state index contributed by atoms with van der Waals surface area (Å²) in [6.07, 6.45) is 2.06. The van der Waals surface area contributed by atoms with Gasteiger partial charge in [0.15, 0.2) is 0 Å². The molecule has 1 amide bonds. The van der Waals surface area contributed by atoms with Crippen molar-refractivity contribution in [2.24, 2.45) is 5.92 Å². The number of rotatable bonds is 4. The Morgan fingerprint density at radius 2 is 2.10 bits per heavy atom. The van der Waals surface area contributed by atoms with Crippen molar-refractivity contribution >= 4 is 11.6 Å². The van der Waals surface area contributed by atoms with Crippen LogP contribution in [0, 0.1) is 5.92 Å². The van der Waals surface area contributed by atoms with Crippen molar-refractivity contribution in [3.63, 3.8) is 0 Å². The maximum absolute atomic E-state index is 11.7. The fourth-order valence-corrected chi connectivity index (χ4v) is 2.55. The van der Waals surface area contributed by atoms with Crippen molar-refractivity contribution in [1.29, 1.82) is 0 Å². The van der Waals surface area contributed by atoms with Crippen LogP contribution in [0.1, 0.15) is 32.3 Å². The number of likely N-dealkylation sites (tertiary alicyclic amines) is 1. The summed E-state index contributed by atoms with van der Waals surface area (Å²) in [6, 6.07) is 8.40. The summed E-state index contributed by atoms with van der Waals surface area (Å²) >= 11 is 0. The second-order valence-electron chi connectivity index (χ2n) is 5.96. The van der Waals surface area contributed by atoms with Gasteiger partial charge in [-0.1, -0.05) is 26.0 Å². The second kappa shape index (κ2) is 6.75. The molecule has 0 aliphatic carbocycles. The number of hydrogen-bond donors (Lipinski definition) is 2. The largest absolute Gasteiger partial charge is 0.399 e. The molecule has 1 fully saturated rings. The summed E-state index contributed by atoms with van der Waals surface area (Å²) in [7, 11) is 0. The molecule has 4 nitrogen and oxygen atoms in total. The van der Waals surface area contributed by atoms with Crippen LogP contribution in [-0.4, -0.2) is 29.9 Å². The quantitative estimate of drug-likeness (QED) is 0.826. The van der Waals surface area contributed by atoms with Gasteiger partial charge in [0.1, 0.15) is 0 Å². The van der Waals surface area contributed by atoms with Crippen molar-refractivity contribution in [2.45, 2.75) is 39.3 Å². The van der Waals surface area contributed by atoms with Crippen LogP contribution in [0.2, 0.25) is 0 Å². The lowest BCUT2D eigenvalue weighted by Gasteiger charge is -2.32. The lowest BCUT2D eigenvalue weighted by Crippen LogP contribution is -2.45. The average molecular weight is 275 g/mol. The Balaban J connectivity index is 1.78. The number of nitrogens with two attached hydrogens (primary N) is 1. The molecule has 1 aliphatic heterocycles. The van der Waals surface area contributed by atoms with Crippen LogP contribution in [0.3, 0.4) is 0 Å². The van der Waals surface area contributed by atoms with E-state index in [0.717, 1.165) is 38.2 Å². The molecule has 110 valence electrons. The van der Waals surface area contributed by atoms with Gasteiger partial charge in [-0.3, -0.25) is 9.69 Å². The minimum atomic E-state index is 0.0697. The van der Waals surface area contributed by atoms with E-state index in [-0.39, 0.29) is 11.8 Å². The van der Waals surface area contributed by atoms with Crippen molar-refractivity contribution in [3.8, 4) is 0 Å². The average Bonchev–Trinajstić information content (AvgIpc) is 2.41. The van der Waals surface area contributed by atoms with Gasteiger partial charge in [0, 0.05) is 37.3 Å². The minimum absolute atomic E-state index is 0.0697. The number of hydrogen-bond acceptors (Lipinski definition) is 3. The van der Waals surface area contributed by atoms with Gasteiger partial charge in [0.2, 0.25) is 5.91 Å². The number of nitrogen functional groups attached to an aromatic ring is 1. The highest BCUT2D eigenvalue weighted by atomic mass is 16.1. The highest BCUT2D eigenvalue weighted by Crippen LogP contribution is 2.15. The number of anilines is 1. The first kappa shape index (κ1) is 14.9. The standard InChI is InChI=1S/C16H25N3O/c1-12(2)16(20)18-15-6-8-19(9-7-15)11-13-4-3-5-14(17)10-13/h3-5,10,12,15H,6-9,11,17H2,1-2H3,(H,18,20). The summed E-state index contributed by atoms with van der Waals surface area (Å²) in [4.78, 5) is 14.1. The van der Waals surface area contributed by atoms with E-state index in [1.54, 1.807) is 0 Å². The van der Waals surface area contributed by atoms with E-state index in [1.807, 2.05) is 32.0 Å². The molecule has 1 heterocycles. The van der Waals surface area contributed by atoms with Gasteiger partial charge < -0.3 is 11.1 Å². The summed E-state index contributed by atoms with van der Waals surface area (Å²) in [5, 5.41) is 3.13. The molecule has 1 saturated heterocycles. The normalized spacial score (nSPS) is 17.4. The molecule has 1 aliphatic rings. The molecule has 0 saturated carbocycles. The summed E-state index contributed by atoms with van der Waals surface area (Å²) in [5.41, 5.74) is 7.88. The highest BCUT2D eigenvalue weighted by molar-refractivity contribution is 5.78. The molecule has 4 heteroatoms. The van der Waals surface area contributed by atoms with Crippen LogP contribution in [0.5, 0.6) is 0 Å². The smallest absolute Gasteiger partial charge is 0.222 e. The molecule has 2 rings (SSSR count). The van der Waals surface area contributed by atoms with Crippen LogP contribution in [0.15, 0.2) is 24.3 Å². The molecule has 0 radical (unpaired) electrons. The Labute approximate surface area is 121 Å². The van der Waals surface area contributed by atoms with Crippen molar-refractivity contribution in [3.05, 3.63) is 29.8 Å². The van der Waals surface area contributed by atoms with E-state index in [9.17, 15) is 4.79 Å². The number of nitrogens with one attached hydrogen (secondary N) is 1. The Kier molecular flexibility index (Phi) is 5.01.